The molecule has 0 amide bonds. The molecule has 98 valence electrons. The van der Waals surface area contributed by atoms with E-state index in [9.17, 15) is 0 Å². The molecule has 3 heteroatoms. The molecule has 3 nitrogen and oxygen atoms in total. The van der Waals surface area contributed by atoms with E-state index < -0.39 is 0 Å². The molecule has 0 saturated carbocycles. The Kier molecular flexibility index (Phi) is 6.27. The number of nitrogens with one attached hydrogen (secondary N) is 1. The van der Waals surface area contributed by atoms with Crippen LogP contribution in [0.5, 0.6) is 0 Å². The van der Waals surface area contributed by atoms with Gasteiger partial charge >= 0.3 is 0 Å². The Labute approximate surface area is 106 Å². The lowest BCUT2D eigenvalue weighted by molar-refractivity contribution is 0.422. The van der Waals surface area contributed by atoms with Crippen molar-refractivity contribution >= 4 is 0 Å². The van der Waals surface area contributed by atoms with Crippen LogP contribution in [-0.2, 0) is 6.54 Å². The summed E-state index contributed by atoms with van der Waals surface area (Å²) in [5.74, 6) is 0.746. The number of aromatic nitrogens is 2. The molecule has 0 bridgehead atoms. The second kappa shape index (κ2) is 7.49. The van der Waals surface area contributed by atoms with Gasteiger partial charge in [0.05, 0.1) is 11.7 Å². The van der Waals surface area contributed by atoms with Crippen LogP contribution in [0.2, 0.25) is 0 Å². The first-order valence-electron chi connectivity index (χ1n) is 6.95. The third kappa shape index (κ3) is 4.50. The number of nitrogens with zero attached hydrogens (tertiary/aromatic N) is 2. The first-order valence-corrected chi connectivity index (χ1v) is 6.95. The highest BCUT2D eigenvalue weighted by molar-refractivity contribution is 4.99. The van der Waals surface area contributed by atoms with Gasteiger partial charge in [-0.05, 0) is 31.4 Å². The number of rotatable bonds is 8. The van der Waals surface area contributed by atoms with Crippen LogP contribution < -0.4 is 5.32 Å². The Morgan fingerprint density at radius 3 is 2.53 bits per heavy atom. The highest BCUT2D eigenvalue weighted by atomic mass is 15.3. The fourth-order valence-corrected chi connectivity index (χ4v) is 1.93. The summed E-state index contributed by atoms with van der Waals surface area (Å²) in [5, 5.41) is 8.09. The van der Waals surface area contributed by atoms with Gasteiger partial charge in [-0.2, -0.15) is 5.10 Å². The van der Waals surface area contributed by atoms with Crippen LogP contribution in [0.25, 0.3) is 0 Å². The first kappa shape index (κ1) is 14.2. The quantitative estimate of drug-likeness (QED) is 0.751. The van der Waals surface area contributed by atoms with Gasteiger partial charge in [0, 0.05) is 12.7 Å². The van der Waals surface area contributed by atoms with E-state index in [4.69, 9.17) is 0 Å². The summed E-state index contributed by atoms with van der Waals surface area (Å²) in [4.78, 5) is 0. The van der Waals surface area contributed by atoms with Gasteiger partial charge in [0.1, 0.15) is 0 Å². The van der Waals surface area contributed by atoms with Gasteiger partial charge in [-0.25, -0.2) is 0 Å². The molecule has 1 heterocycles. The molecule has 1 aromatic rings. The van der Waals surface area contributed by atoms with Crippen molar-refractivity contribution in [1.29, 1.82) is 0 Å². The van der Waals surface area contributed by atoms with Crippen molar-refractivity contribution in [3.8, 4) is 0 Å². The summed E-state index contributed by atoms with van der Waals surface area (Å²) < 4.78 is 2.11. The Bertz CT molecular complexity index is 302. The molecule has 1 rings (SSSR count). The van der Waals surface area contributed by atoms with Gasteiger partial charge in [0.15, 0.2) is 0 Å². The van der Waals surface area contributed by atoms with Crippen LogP contribution in [-0.4, -0.2) is 16.3 Å². The Balaban J connectivity index is 2.40. The first-order chi connectivity index (χ1) is 8.21. The summed E-state index contributed by atoms with van der Waals surface area (Å²) in [6.45, 7) is 10.9. The van der Waals surface area contributed by atoms with E-state index in [0.29, 0.717) is 6.04 Å². The Morgan fingerprint density at radius 1 is 1.24 bits per heavy atom. The normalized spacial score (nSPS) is 13.2. The lowest BCUT2D eigenvalue weighted by atomic mass is 10.1. The third-order valence-corrected chi connectivity index (χ3v) is 3.48. The van der Waals surface area contributed by atoms with Gasteiger partial charge in [-0.3, -0.25) is 4.68 Å². The summed E-state index contributed by atoms with van der Waals surface area (Å²) in [7, 11) is 0. The van der Waals surface area contributed by atoms with Crippen LogP contribution in [0, 0.1) is 5.92 Å². The van der Waals surface area contributed by atoms with E-state index >= 15 is 0 Å². The van der Waals surface area contributed by atoms with Crippen LogP contribution in [0.4, 0.5) is 0 Å². The molecule has 0 aromatic carbocycles. The van der Waals surface area contributed by atoms with Crippen molar-refractivity contribution in [2.24, 2.45) is 5.92 Å². The fraction of sp³-hybridized carbons (Fsp3) is 0.786. The zero-order chi connectivity index (χ0) is 12.7. The van der Waals surface area contributed by atoms with E-state index in [0.717, 1.165) is 37.5 Å². The molecule has 1 N–H and O–H groups in total. The summed E-state index contributed by atoms with van der Waals surface area (Å²) >= 11 is 0. The predicted octanol–water partition coefficient (Wildman–Crippen LogP) is 3.38. The lowest BCUT2D eigenvalue weighted by Crippen LogP contribution is -2.20. The Morgan fingerprint density at radius 2 is 1.94 bits per heavy atom. The SMILES string of the molecule is CCC(C)CNCc1ccn(C(CC)CC)n1. The maximum absolute atomic E-state index is 4.63. The van der Waals surface area contributed by atoms with Crippen LogP contribution in [0.1, 0.15) is 58.7 Å². The number of hydrogen-bond donors (Lipinski definition) is 1. The van der Waals surface area contributed by atoms with Crippen molar-refractivity contribution < 1.29 is 0 Å². The average Bonchev–Trinajstić information content (AvgIpc) is 2.79. The standard InChI is InChI=1S/C14H27N3/c1-5-12(4)10-15-11-13-8-9-17(16-13)14(6-2)7-3/h8-9,12,14-15H,5-7,10-11H2,1-4H3. The van der Waals surface area contributed by atoms with Crippen molar-refractivity contribution in [2.75, 3.05) is 6.54 Å². The minimum atomic E-state index is 0.554. The second-order valence-electron chi connectivity index (χ2n) is 4.90. The van der Waals surface area contributed by atoms with E-state index in [-0.39, 0.29) is 0 Å². The minimum Gasteiger partial charge on any atom is -0.311 e. The van der Waals surface area contributed by atoms with Crippen molar-refractivity contribution in [3.63, 3.8) is 0 Å². The molecule has 0 aliphatic rings. The lowest BCUT2D eigenvalue weighted by Gasteiger charge is -2.12. The van der Waals surface area contributed by atoms with Crippen molar-refractivity contribution in [1.82, 2.24) is 15.1 Å². The van der Waals surface area contributed by atoms with Crippen LogP contribution in [0.15, 0.2) is 12.3 Å². The van der Waals surface area contributed by atoms with Crippen LogP contribution >= 0.6 is 0 Å². The highest BCUT2D eigenvalue weighted by Crippen LogP contribution is 2.14. The van der Waals surface area contributed by atoms with E-state index in [1.54, 1.807) is 0 Å². The summed E-state index contributed by atoms with van der Waals surface area (Å²) in [6, 6.07) is 2.68. The molecule has 0 spiro atoms. The maximum Gasteiger partial charge on any atom is 0.0762 e. The second-order valence-corrected chi connectivity index (χ2v) is 4.90. The monoisotopic (exact) mass is 237 g/mol. The van der Waals surface area contributed by atoms with E-state index in [2.05, 4.69) is 55.1 Å². The van der Waals surface area contributed by atoms with Gasteiger partial charge in [-0.1, -0.05) is 34.1 Å². The number of hydrogen-bond acceptors (Lipinski definition) is 2. The molecule has 1 atom stereocenters. The molecule has 0 fully saturated rings. The molecule has 0 radical (unpaired) electrons. The molecule has 17 heavy (non-hydrogen) atoms. The highest BCUT2D eigenvalue weighted by Gasteiger charge is 2.07. The van der Waals surface area contributed by atoms with Gasteiger partial charge in [0.25, 0.3) is 0 Å². The summed E-state index contributed by atoms with van der Waals surface area (Å²) in [5.41, 5.74) is 1.15. The van der Waals surface area contributed by atoms with Crippen LogP contribution in [0.3, 0.4) is 0 Å². The smallest absolute Gasteiger partial charge is 0.0762 e. The van der Waals surface area contributed by atoms with Crippen molar-refractivity contribution in [2.45, 2.75) is 59.5 Å². The Hall–Kier alpha value is -0.830. The molecule has 0 aliphatic carbocycles. The van der Waals surface area contributed by atoms with E-state index in [1.165, 1.54) is 6.42 Å². The summed E-state index contributed by atoms with van der Waals surface area (Å²) in [6.07, 6.45) is 5.64. The van der Waals surface area contributed by atoms with Gasteiger partial charge in [0.2, 0.25) is 0 Å². The third-order valence-electron chi connectivity index (χ3n) is 3.48. The molecule has 0 saturated heterocycles. The zero-order valence-corrected chi connectivity index (χ0v) is 11.7. The minimum absolute atomic E-state index is 0.554. The molecule has 0 aliphatic heterocycles. The molecular formula is C14H27N3. The maximum atomic E-state index is 4.63. The molecular weight excluding hydrogens is 210 g/mol. The average molecular weight is 237 g/mol. The zero-order valence-electron chi connectivity index (χ0n) is 11.7. The molecule has 1 aromatic heterocycles. The van der Waals surface area contributed by atoms with E-state index in [1.807, 2.05) is 0 Å². The van der Waals surface area contributed by atoms with Gasteiger partial charge < -0.3 is 5.32 Å². The van der Waals surface area contributed by atoms with Crippen molar-refractivity contribution in [3.05, 3.63) is 18.0 Å². The fourth-order valence-electron chi connectivity index (χ4n) is 1.93. The predicted molar refractivity (Wildman–Crippen MR) is 73.0 cm³/mol. The molecule has 1 unspecified atom stereocenters. The topological polar surface area (TPSA) is 29.9 Å². The van der Waals surface area contributed by atoms with Gasteiger partial charge in [-0.15, -0.1) is 0 Å². The largest absolute Gasteiger partial charge is 0.311 e.